The number of hydrogen-bond donors (Lipinski definition) is 1. The number of nitrogens with two attached hydrogens (primary N) is 1. The van der Waals surface area contributed by atoms with Gasteiger partial charge < -0.3 is 10.5 Å². The molecule has 19 heavy (non-hydrogen) atoms. The van der Waals surface area contributed by atoms with Gasteiger partial charge in [-0.1, -0.05) is 11.6 Å². The number of aryl methyl sites for hydroxylation is 1. The van der Waals surface area contributed by atoms with Crippen LogP contribution >= 0.6 is 11.6 Å². The first-order valence-electron chi connectivity index (χ1n) is 5.53. The molecule has 0 aliphatic rings. The van der Waals surface area contributed by atoms with Gasteiger partial charge in [0.1, 0.15) is 11.4 Å². The van der Waals surface area contributed by atoms with E-state index in [0.29, 0.717) is 11.4 Å². The van der Waals surface area contributed by atoms with Crippen LogP contribution in [0.25, 0.3) is 0 Å². The third-order valence-electron chi connectivity index (χ3n) is 2.57. The van der Waals surface area contributed by atoms with Gasteiger partial charge in [-0.3, -0.25) is 14.3 Å². The second-order valence-corrected chi connectivity index (χ2v) is 4.38. The van der Waals surface area contributed by atoms with Gasteiger partial charge in [0.05, 0.1) is 25.7 Å². The third kappa shape index (κ3) is 2.85. The summed E-state index contributed by atoms with van der Waals surface area (Å²) in [6.45, 7) is 2.11. The molecule has 0 aliphatic carbocycles. The van der Waals surface area contributed by atoms with Crippen LogP contribution in [0.3, 0.4) is 0 Å². The number of nitrogen functional groups attached to an aromatic ring is 1. The SMILES string of the molecule is COc1cc(C)nc(Cn2cnc(Cl)c(N)c2=O)c1. The van der Waals surface area contributed by atoms with Crippen molar-refractivity contribution in [3.8, 4) is 5.75 Å². The number of rotatable bonds is 3. The van der Waals surface area contributed by atoms with Crippen LogP contribution in [-0.4, -0.2) is 21.6 Å². The quantitative estimate of drug-likeness (QED) is 0.855. The number of nitrogens with zero attached hydrogens (tertiary/aromatic N) is 3. The lowest BCUT2D eigenvalue weighted by Crippen LogP contribution is -2.24. The summed E-state index contributed by atoms with van der Waals surface area (Å²) in [6.07, 6.45) is 1.34. The normalized spacial score (nSPS) is 10.5. The Morgan fingerprint density at radius 2 is 2.21 bits per heavy atom. The summed E-state index contributed by atoms with van der Waals surface area (Å²) in [5, 5.41) is 0.0102. The summed E-state index contributed by atoms with van der Waals surface area (Å²) >= 11 is 5.68. The Kier molecular flexibility index (Phi) is 3.71. The summed E-state index contributed by atoms with van der Waals surface area (Å²) in [4.78, 5) is 20.1. The van der Waals surface area contributed by atoms with Gasteiger partial charge in [-0.2, -0.15) is 0 Å². The van der Waals surface area contributed by atoms with Crippen LogP contribution in [0, 0.1) is 6.92 Å². The Bertz CT molecular complexity index is 669. The first-order chi connectivity index (χ1) is 9.01. The van der Waals surface area contributed by atoms with Crippen LogP contribution in [0.15, 0.2) is 23.3 Å². The van der Waals surface area contributed by atoms with Crippen LogP contribution in [0.4, 0.5) is 5.69 Å². The molecule has 2 aromatic heterocycles. The summed E-state index contributed by atoms with van der Waals surface area (Å²) in [7, 11) is 1.58. The lowest BCUT2D eigenvalue weighted by atomic mass is 10.3. The minimum Gasteiger partial charge on any atom is -0.497 e. The van der Waals surface area contributed by atoms with Crippen molar-refractivity contribution < 1.29 is 4.74 Å². The number of halogens is 1. The Balaban J connectivity index is 2.39. The van der Waals surface area contributed by atoms with Crippen molar-refractivity contribution in [2.75, 3.05) is 12.8 Å². The average Bonchev–Trinajstić information content (AvgIpc) is 2.39. The van der Waals surface area contributed by atoms with Gasteiger partial charge in [-0.25, -0.2) is 4.98 Å². The second-order valence-electron chi connectivity index (χ2n) is 4.02. The van der Waals surface area contributed by atoms with Crippen molar-refractivity contribution in [2.45, 2.75) is 13.5 Å². The van der Waals surface area contributed by atoms with E-state index in [1.165, 1.54) is 10.9 Å². The van der Waals surface area contributed by atoms with Crippen molar-refractivity contribution in [3.05, 3.63) is 45.4 Å². The maximum atomic E-state index is 11.9. The van der Waals surface area contributed by atoms with E-state index in [4.69, 9.17) is 22.1 Å². The smallest absolute Gasteiger partial charge is 0.278 e. The fraction of sp³-hybridized carbons (Fsp3) is 0.250. The van der Waals surface area contributed by atoms with Crippen LogP contribution in [0.2, 0.25) is 5.15 Å². The number of anilines is 1. The van der Waals surface area contributed by atoms with Crippen LogP contribution in [0.1, 0.15) is 11.4 Å². The predicted octanol–water partition coefficient (Wildman–Crippen LogP) is 1.24. The molecular weight excluding hydrogens is 268 g/mol. The minimum atomic E-state index is -0.387. The highest BCUT2D eigenvalue weighted by atomic mass is 35.5. The highest BCUT2D eigenvalue weighted by Crippen LogP contribution is 2.14. The van der Waals surface area contributed by atoms with Crippen molar-refractivity contribution in [2.24, 2.45) is 0 Å². The minimum absolute atomic E-state index is 0.0102. The van der Waals surface area contributed by atoms with Crippen molar-refractivity contribution in [3.63, 3.8) is 0 Å². The fourth-order valence-electron chi connectivity index (χ4n) is 1.67. The molecule has 6 nitrogen and oxygen atoms in total. The molecule has 0 amide bonds. The van der Waals surface area contributed by atoms with Gasteiger partial charge in [0.2, 0.25) is 0 Å². The summed E-state index contributed by atoms with van der Waals surface area (Å²) in [5.41, 5.74) is 6.58. The molecule has 0 radical (unpaired) electrons. The van der Waals surface area contributed by atoms with Crippen LogP contribution in [0.5, 0.6) is 5.75 Å². The fourth-order valence-corrected chi connectivity index (χ4v) is 1.80. The van der Waals surface area contributed by atoms with Crippen molar-refractivity contribution in [1.29, 1.82) is 0 Å². The molecule has 0 bridgehead atoms. The monoisotopic (exact) mass is 280 g/mol. The molecule has 0 spiro atoms. The zero-order chi connectivity index (χ0) is 14.0. The summed E-state index contributed by atoms with van der Waals surface area (Å²) in [5.74, 6) is 0.686. The largest absolute Gasteiger partial charge is 0.497 e. The molecule has 0 unspecified atom stereocenters. The number of pyridine rings is 1. The molecule has 0 saturated carbocycles. The van der Waals surface area contributed by atoms with E-state index in [1.807, 2.05) is 6.92 Å². The highest BCUT2D eigenvalue weighted by Gasteiger charge is 2.08. The van der Waals surface area contributed by atoms with E-state index < -0.39 is 0 Å². The van der Waals surface area contributed by atoms with E-state index in [2.05, 4.69) is 9.97 Å². The Morgan fingerprint density at radius 1 is 1.47 bits per heavy atom. The maximum absolute atomic E-state index is 11.9. The molecular formula is C12H13ClN4O2. The van der Waals surface area contributed by atoms with E-state index >= 15 is 0 Å². The predicted molar refractivity (Wildman–Crippen MR) is 72.5 cm³/mol. The highest BCUT2D eigenvalue weighted by molar-refractivity contribution is 6.31. The van der Waals surface area contributed by atoms with Gasteiger partial charge in [0.15, 0.2) is 5.15 Å². The standard InChI is InChI=1S/C12H13ClN4O2/c1-7-3-9(19-2)4-8(16-7)5-17-6-15-11(13)10(14)12(17)18/h3-4,6H,5,14H2,1-2H3. The zero-order valence-corrected chi connectivity index (χ0v) is 11.3. The first kappa shape index (κ1) is 13.4. The molecule has 0 aromatic carbocycles. The molecule has 0 aliphatic heterocycles. The Labute approximate surface area is 114 Å². The van der Waals surface area contributed by atoms with E-state index in [1.54, 1.807) is 19.2 Å². The van der Waals surface area contributed by atoms with Crippen LogP contribution < -0.4 is 16.0 Å². The lowest BCUT2D eigenvalue weighted by molar-refractivity contribution is 0.412. The maximum Gasteiger partial charge on any atom is 0.278 e. The van der Waals surface area contributed by atoms with E-state index in [0.717, 1.165) is 5.69 Å². The molecule has 2 rings (SSSR count). The molecule has 2 heterocycles. The number of hydrogen-bond acceptors (Lipinski definition) is 5. The van der Waals surface area contributed by atoms with Gasteiger partial charge >= 0.3 is 0 Å². The van der Waals surface area contributed by atoms with Crippen molar-refractivity contribution >= 4 is 17.3 Å². The summed E-state index contributed by atoms with van der Waals surface area (Å²) in [6, 6.07) is 3.56. The number of ether oxygens (including phenoxy) is 1. The number of aromatic nitrogens is 3. The summed E-state index contributed by atoms with van der Waals surface area (Å²) < 4.78 is 6.51. The lowest BCUT2D eigenvalue weighted by Gasteiger charge is -2.08. The van der Waals surface area contributed by atoms with E-state index in [9.17, 15) is 4.79 Å². The third-order valence-corrected chi connectivity index (χ3v) is 2.87. The van der Waals surface area contributed by atoms with E-state index in [-0.39, 0.29) is 22.9 Å². The topological polar surface area (TPSA) is 83.0 Å². The molecule has 100 valence electrons. The molecule has 2 aromatic rings. The first-order valence-corrected chi connectivity index (χ1v) is 5.91. The Hall–Kier alpha value is -2.08. The van der Waals surface area contributed by atoms with Gasteiger partial charge in [0, 0.05) is 17.8 Å². The second kappa shape index (κ2) is 5.27. The molecule has 0 fully saturated rings. The van der Waals surface area contributed by atoms with Crippen LogP contribution in [-0.2, 0) is 6.54 Å². The molecule has 7 heteroatoms. The Morgan fingerprint density at radius 3 is 2.89 bits per heavy atom. The van der Waals surface area contributed by atoms with Gasteiger partial charge in [-0.05, 0) is 6.92 Å². The van der Waals surface area contributed by atoms with Gasteiger partial charge in [0.25, 0.3) is 5.56 Å². The van der Waals surface area contributed by atoms with Gasteiger partial charge in [-0.15, -0.1) is 0 Å². The average molecular weight is 281 g/mol. The number of methoxy groups -OCH3 is 1. The molecule has 2 N–H and O–H groups in total. The van der Waals surface area contributed by atoms with Crippen molar-refractivity contribution in [1.82, 2.24) is 14.5 Å². The molecule has 0 saturated heterocycles. The molecule has 0 atom stereocenters. The zero-order valence-electron chi connectivity index (χ0n) is 10.6.